The van der Waals surface area contributed by atoms with E-state index in [9.17, 15) is 0 Å². The third-order valence-electron chi connectivity index (χ3n) is 4.67. The Labute approximate surface area is 172 Å². The van der Waals surface area contributed by atoms with E-state index in [1.807, 2.05) is 11.6 Å². The third-order valence-corrected chi connectivity index (χ3v) is 5.48. The van der Waals surface area contributed by atoms with Gasteiger partial charge in [0.05, 0.1) is 12.2 Å². The summed E-state index contributed by atoms with van der Waals surface area (Å²) in [5.41, 5.74) is 3.80. The van der Waals surface area contributed by atoms with Gasteiger partial charge in [-0.15, -0.1) is 11.3 Å². The molecule has 0 bridgehead atoms. The van der Waals surface area contributed by atoms with Crippen molar-refractivity contribution in [3.05, 3.63) is 71.2 Å². The van der Waals surface area contributed by atoms with Crippen LogP contribution in [0.4, 0.5) is 0 Å². The smallest absolute Gasteiger partial charge is 0.129 e. The van der Waals surface area contributed by atoms with E-state index in [4.69, 9.17) is 4.74 Å². The zero-order chi connectivity index (χ0) is 19.4. The van der Waals surface area contributed by atoms with Crippen molar-refractivity contribution in [2.45, 2.75) is 45.6 Å². The Morgan fingerprint density at radius 3 is 2.68 bits per heavy atom. The molecule has 0 radical (unpaired) electrons. The minimum absolute atomic E-state index is 0.751. The van der Waals surface area contributed by atoms with E-state index >= 15 is 0 Å². The number of hydrogen-bond donors (Lipinski definition) is 1. The minimum Gasteiger partial charge on any atom is -0.493 e. The summed E-state index contributed by atoms with van der Waals surface area (Å²) < 4.78 is 6.14. The molecule has 0 amide bonds. The van der Waals surface area contributed by atoms with Gasteiger partial charge in [-0.05, 0) is 61.9 Å². The van der Waals surface area contributed by atoms with Crippen LogP contribution < -0.4 is 10.1 Å². The standard InChI is InChI=1S/C24H30N2OS/c1-2-14-25-19-21-12-13-23(22(18-21)24-26-15-17-28-24)27-16-8-4-7-11-20-9-5-3-6-10-20/h3,5-6,9-10,12-13,15,17-18,25H,2,4,7-8,11,14,16,19H2,1H3. The van der Waals surface area contributed by atoms with Gasteiger partial charge >= 0.3 is 0 Å². The molecule has 2 aromatic carbocycles. The van der Waals surface area contributed by atoms with Gasteiger partial charge in [0.2, 0.25) is 0 Å². The third kappa shape index (κ3) is 6.47. The van der Waals surface area contributed by atoms with Crippen molar-refractivity contribution in [2.75, 3.05) is 13.2 Å². The highest BCUT2D eigenvalue weighted by atomic mass is 32.1. The van der Waals surface area contributed by atoms with Crippen molar-refractivity contribution in [3.63, 3.8) is 0 Å². The summed E-state index contributed by atoms with van der Waals surface area (Å²) in [4.78, 5) is 4.49. The average Bonchev–Trinajstić information content (AvgIpc) is 3.27. The van der Waals surface area contributed by atoms with Crippen molar-refractivity contribution >= 4 is 11.3 Å². The lowest BCUT2D eigenvalue weighted by Gasteiger charge is -2.12. The quantitative estimate of drug-likeness (QED) is 0.377. The lowest BCUT2D eigenvalue weighted by Crippen LogP contribution is -2.13. The maximum atomic E-state index is 6.14. The van der Waals surface area contributed by atoms with Crippen LogP contribution in [0, 0.1) is 0 Å². The SMILES string of the molecule is CCCNCc1ccc(OCCCCCc2ccccc2)c(-c2nccs2)c1. The summed E-state index contributed by atoms with van der Waals surface area (Å²) in [5, 5.41) is 6.51. The fourth-order valence-corrected chi connectivity index (χ4v) is 3.84. The Morgan fingerprint density at radius 2 is 1.89 bits per heavy atom. The molecule has 1 N–H and O–H groups in total. The van der Waals surface area contributed by atoms with Crippen molar-refractivity contribution in [2.24, 2.45) is 0 Å². The first-order valence-electron chi connectivity index (χ1n) is 10.3. The van der Waals surface area contributed by atoms with Crippen LogP contribution in [0.25, 0.3) is 10.6 Å². The van der Waals surface area contributed by atoms with E-state index in [0.29, 0.717) is 0 Å². The van der Waals surface area contributed by atoms with Crippen LogP contribution in [0.5, 0.6) is 5.75 Å². The first-order valence-corrected chi connectivity index (χ1v) is 11.1. The monoisotopic (exact) mass is 394 g/mol. The molecule has 3 rings (SSSR count). The van der Waals surface area contributed by atoms with Gasteiger partial charge in [0.1, 0.15) is 10.8 Å². The number of aryl methyl sites for hydroxylation is 1. The molecule has 0 atom stereocenters. The van der Waals surface area contributed by atoms with Gasteiger partial charge in [0, 0.05) is 18.1 Å². The number of nitrogens with zero attached hydrogens (tertiary/aromatic N) is 1. The summed E-state index contributed by atoms with van der Waals surface area (Å²) in [6.45, 7) is 4.85. The second kappa shape index (κ2) is 11.6. The fourth-order valence-electron chi connectivity index (χ4n) is 3.18. The Bertz CT molecular complexity index is 803. The molecular weight excluding hydrogens is 364 g/mol. The van der Waals surface area contributed by atoms with Crippen LogP contribution in [0.15, 0.2) is 60.1 Å². The average molecular weight is 395 g/mol. The van der Waals surface area contributed by atoms with Crippen molar-refractivity contribution in [1.29, 1.82) is 0 Å². The highest BCUT2D eigenvalue weighted by Gasteiger charge is 2.10. The van der Waals surface area contributed by atoms with Gasteiger partial charge < -0.3 is 10.1 Å². The molecule has 28 heavy (non-hydrogen) atoms. The number of unbranched alkanes of at least 4 members (excludes halogenated alkanes) is 2. The molecule has 3 aromatic rings. The fraction of sp³-hybridized carbons (Fsp3) is 0.375. The second-order valence-corrected chi connectivity index (χ2v) is 7.88. The van der Waals surface area contributed by atoms with Gasteiger partial charge in [0.15, 0.2) is 0 Å². The lowest BCUT2D eigenvalue weighted by molar-refractivity contribution is 0.306. The minimum atomic E-state index is 0.751. The van der Waals surface area contributed by atoms with Crippen LogP contribution in [0.3, 0.4) is 0 Å². The van der Waals surface area contributed by atoms with Crippen molar-refractivity contribution < 1.29 is 4.74 Å². The predicted molar refractivity (Wildman–Crippen MR) is 119 cm³/mol. The molecule has 0 saturated carbocycles. The van der Waals surface area contributed by atoms with Crippen LogP contribution >= 0.6 is 11.3 Å². The second-order valence-electron chi connectivity index (χ2n) is 6.99. The summed E-state index contributed by atoms with van der Waals surface area (Å²) in [7, 11) is 0. The van der Waals surface area contributed by atoms with Gasteiger partial charge in [-0.2, -0.15) is 0 Å². The predicted octanol–water partition coefficient (Wildman–Crippen LogP) is 6.10. The molecular formula is C24H30N2OS. The lowest BCUT2D eigenvalue weighted by atomic mass is 10.1. The van der Waals surface area contributed by atoms with Gasteiger partial charge in [0.25, 0.3) is 0 Å². The number of nitrogens with one attached hydrogen (secondary N) is 1. The molecule has 0 saturated heterocycles. The van der Waals surface area contributed by atoms with Crippen LogP contribution in [0.2, 0.25) is 0 Å². The Balaban J connectivity index is 1.51. The topological polar surface area (TPSA) is 34.1 Å². The van der Waals surface area contributed by atoms with Crippen molar-refractivity contribution in [1.82, 2.24) is 10.3 Å². The molecule has 0 fully saturated rings. The first-order chi connectivity index (χ1) is 13.9. The van der Waals surface area contributed by atoms with Gasteiger partial charge in [-0.3, -0.25) is 0 Å². The number of rotatable bonds is 12. The molecule has 3 nitrogen and oxygen atoms in total. The Kier molecular flexibility index (Phi) is 8.54. The van der Waals surface area contributed by atoms with Crippen LogP contribution in [-0.4, -0.2) is 18.1 Å². The highest BCUT2D eigenvalue weighted by Crippen LogP contribution is 2.32. The normalized spacial score (nSPS) is 10.9. The maximum absolute atomic E-state index is 6.14. The highest BCUT2D eigenvalue weighted by molar-refractivity contribution is 7.13. The van der Waals surface area contributed by atoms with E-state index in [-0.39, 0.29) is 0 Å². The molecule has 1 aromatic heterocycles. The summed E-state index contributed by atoms with van der Waals surface area (Å²) >= 11 is 1.66. The zero-order valence-electron chi connectivity index (χ0n) is 16.7. The number of ether oxygens (including phenoxy) is 1. The summed E-state index contributed by atoms with van der Waals surface area (Å²) in [5.74, 6) is 0.942. The molecule has 0 aliphatic rings. The number of benzene rings is 2. The maximum Gasteiger partial charge on any atom is 0.129 e. The number of hydrogen-bond acceptors (Lipinski definition) is 4. The van der Waals surface area contributed by atoms with E-state index in [2.05, 4.69) is 65.8 Å². The Hall–Kier alpha value is -2.17. The molecule has 148 valence electrons. The number of thiazole rings is 1. The van der Waals surface area contributed by atoms with Gasteiger partial charge in [-0.1, -0.05) is 43.3 Å². The molecule has 1 heterocycles. The van der Waals surface area contributed by atoms with Crippen molar-refractivity contribution in [3.8, 4) is 16.3 Å². The molecule has 0 aliphatic carbocycles. The summed E-state index contributed by atoms with van der Waals surface area (Å²) in [6, 6.07) is 17.2. The first kappa shape index (κ1) is 20.6. The van der Waals surface area contributed by atoms with E-state index < -0.39 is 0 Å². The molecule has 4 heteroatoms. The zero-order valence-corrected chi connectivity index (χ0v) is 17.5. The van der Waals surface area contributed by atoms with Crippen LogP contribution in [0.1, 0.15) is 43.7 Å². The summed E-state index contributed by atoms with van der Waals surface area (Å²) in [6.07, 6.45) is 7.60. The van der Waals surface area contributed by atoms with E-state index in [1.165, 1.54) is 24.0 Å². The molecule has 0 spiro atoms. The molecule has 0 aliphatic heterocycles. The molecule has 0 unspecified atom stereocenters. The van der Waals surface area contributed by atoms with E-state index in [0.717, 1.165) is 55.3 Å². The largest absolute Gasteiger partial charge is 0.493 e. The Morgan fingerprint density at radius 1 is 1.00 bits per heavy atom. The number of aromatic nitrogens is 1. The van der Waals surface area contributed by atoms with Crippen LogP contribution in [-0.2, 0) is 13.0 Å². The van der Waals surface area contributed by atoms with Gasteiger partial charge in [-0.25, -0.2) is 4.98 Å². The van der Waals surface area contributed by atoms with E-state index in [1.54, 1.807) is 11.3 Å².